The van der Waals surface area contributed by atoms with E-state index in [1.165, 1.54) is 0 Å². The summed E-state index contributed by atoms with van der Waals surface area (Å²) in [6.07, 6.45) is 5.18. The molecule has 1 aromatic rings. The van der Waals surface area contributed by atoms with Crippen LogP contribution in [0.4, 0.5) is 0 Å². The van der Waals surface area contributed by atoms with Crippen molar-refractivity contribution in [2.75, 3.05) is 13.1 Å². The molecule has 0 fully saturated rings. The summed E-state index contributed by atoms with van der Waals surface area (Å²) < 4.78 is 0. The zero-order valence-corrected chi connectivity index (χ0v) is 9.44. The molecule has 0 radical (unpaired) electrons. The first-order valence-corrected chi connectivity index (χ1v) is 5.11. The van der Waals surface area contributed by atoms with Gasteiger partial charge in [-0.2, -0.15) is 0 Å². The highest BCUT2D eigenvalue weighted by Crippen LogP contribution is 2.11. The maximum atomic E-state index is 10.6. The van der Waals surface area contributed by atoms with Crippen molar-refractivity contribution in [3.8, 4) is 12.3 Å². The molecular formula is C12H12ClNO2. The van der Waals surface area contributed by atoms with Crippen LogP contribution >= 0.6 is 11.6 Å². The molecule has 0 atom stereocenters. The highest BCUT2D eigenvalue weighted by atomic mass is 35.5. The fraction of sp³-hybridized carbons (Fsp3) is 0.250. The van der Waals surface area contributed by atoms with Crippen LogP contribution in [0, 0.1) is 12.3 Å². The molecule has 16 heavy (non-hydrogen) atoms. The van der Waals surface area contributed by atoms with Crippen molar-refractivity contribution in [2.45, 2.75) is 6.54 Å². The molecule has 0 aromatic heterocycles. The second-order valence-corrected chi connectivity index (χ2v) is 3.81. The second-order valence-electron chi connectivity index (χ2n) is 3.37. The molecule has 1 aromatic carbocycles. The van der Waals surface area contributed by atoms with E-state index in [0.29, 0.717) is 18.1 Å². The minimum absolute atomic E-state index is 0.0627. The summed E-state index contributed by atoms with van der Waals surface area (Å²) in [5.74, 6) is 1.56. The van der Waals surface area contributed by atoms with Crippen molar-refractivity contribution in [3.63, 3.8) is 0 Å². The minimum Gasteiger partial charge on any atom is -0.480 e. The van der Waals surface area contributed by atoms with Gasteiger partial charge < -0.3 is 5.11 Å². The van der Waals surface area contributed by atoms with E-state index < -0.39 is 5.97 Å². The Hall–Kier alpha value is -1.50. The fourth-order valence-corrected chi connectivity index (χ4v) is 1.46. The molecule has 0 aliphatic carbocycles. The van der Waals surface area contributed by atoms with Gasteiger partial charge in [-0.3, -0.25) is 9.69 Å². The average molecular weight is 238 g/mol. The third-order valence-electron chi connectivity index (χ3n) is 1.99. The van der Waals surface area contributed by atoms with Crippen molar-refractivity contribution in [1.82, 2.24) is 4.90 Å². The number of rotatable bonds is 5. The molecule has 3 nitrogen and oxygen atoms in total. The Morgan fingerprint density at radius 1 is 1.44 bits per heavy atom. The molecular weight excluding hydrogens is 226 g/mol. The molecule has 0 spiro atoms. The molecule has 1 N–H and O–H groups in total. The van der Waals surface area contributed by atoms with Crippen LogP contribution in [0.5, 0.6) is 0 Å². The predicted molar refractivity (Wildman–Crippen MR) is 63.2 cm³/mol. The average Bonchev–Trinajstić information content (AvgIpc) is 2.21. The fourth-order valence-electron chi connectivity index (χ4n) is 1.34. The topological polar surface area (TPSA) is 40.5 Å². The molecule has 0 heterocycles. The van der Waals surface area contributed by atoms with E-state index in [0.717, 1.165) is 5.56 Å². The summed E-state index contributed by atoms with van der Waals surface area (Å²) in [7, 11) is 0. The van der Waals surface area contributed by atoms with Crippen LogP contribution in [0.3, 0.4) is 0 Å². The molecule has 0 bridgehead atoms. The van der Waals surface area contributed by atoms with Crippen molar-refractivity contribution >= 4 is 17.6 Å². The van der Waals surface area contributed by atoms with Crippen LogP contribution in [-0.4, -0.2) is 29.1 Å². The minimum atomic E-state index is -0.885. The number of benzene rings is 1. The van der Waals surface area contributed by atoms with Crippen LogP contribution in [0.2, 0.25) is 5.02 Å². The van der Waals surface area contributed by atoms with Gasteiger partial charge in [0, 0.05) is 11.6 Å². The lowest BCUT2D eigenvalue weighted by Crippen LogP contribution is -2.29. The summed E-state index contributed by atoms with van der Waals surface area (Å²) in [4.78, 5) is 12.3. The monoisotopic (exact) mass is 237 g/mol. The van der Waals surface area contributed by atoms with Crippen molar-refractivity contribution < 1.29 is 9.90 Å². The number of hydrogen-bond donors (Lipinski definition) is 1. The maximum absolute atomic E-state index is 10.6. The Kier molecular flexibility index (Phi) is 4.84. The van der Waals surface area contributed by atoms with E-state index in [-0.39, 0.29) is 6.54 Å². The van der Waals surface area contributed by atoms with Gasteiger partial charge in [0.1, 0.15) is 0 Å². The van der Waals surface area contributed by atoms with Crippen LogP contribution < -0.4 is 0 Å². The van der Waals surface area contributed by atoms with Crippen LogP contribution in [0.15, 0.2) is 24.3 Å². The number of carbonyl (C=O) groups is 1. The molecule has 0 saturated carbocycles. The number of aliphatic carboxylic acids is 1. The van der Waals surface area contributed by atoms with Gasteiger partial charge >= 0.3 is 5.97 Å². The number of terminal acetylenes is 1. The molecule has 0 unspecified atom stereocenters. The van der Waals surface area contributed by atoms with E-state index in [1.807, 2.05) is 12.1 Å². The molecule has 0 aliphatic rings. The zero-order chi connectivity index (χ0) is 12.0. The number of carboxylic acids is 1. The smallest absolute Gasteiger partial charge is 0.317 e. The van der Waals surface area contributed by atoms with Gasteiger partial charge in [-0.05, 0) is 17.7 Å². The van der Waals surface area contributed by atoms with Crippen molar-refractivity contribution in [2.24, 2.45) is 0 Å². The Morgan fingerprint density at radius 3 is 2.56 bits per heavy atom. The summed E-state index contributed by atoms with van der Waals surface area (Å²) in [5.41, 5.74) is 0.987. The van der Waals surface area contributed by atoms with Gasteiger partial charge in [-0.25, -0.2) is 0 Å². The van der Waals surface area contributed by atoms with E-state index in [2.05, 4.69) is 5.92 Å². The second kappa shape index (κ2) is 6.16. The first-order chi connectivity index (χ1) is 7.61. The quantitative estimate of drug-likeness (QED) is 0.795. The summed E-state index contributed by atoms with van der Waals surface area (Å²) in [6.45, 7) is 0.759. The number of halogens is 1. The highest BCUT2D eigenvalue weighted by molar-refractivity contribution is 6.30. The van der Waals surface area contributed by atoms with E-state index in [9.17, 15) is 4.79 Å². The van der Waals surface area contributed by atoms with Gasteiger partial charge in [0.15, 0.2) is 0 Å². The number of carboxylic acid groups (broad SMARTS) is 1. The van der Waals surface area contributed by atoms with Crippen LogP contribution in [0.25, 0.3) is 0 Å². The third-order valence-corrected chi connectivity index (χ3v) is 2.25. The van der Waals surface area contributed by atoms with Gasteiger partial charge in [0.2, 0.25) is 0 Å². The largest absolute Gasteiger partial charge is 0.480 e. The van der Waals surface area contributed by atoms with Gasteiger partial charge in [0.25, 0.3) is 0 Å². The van der Waals surface area contributed by atoms with Gasteiger partial charge in [-0.1, -0.05) is 29.7 Å². The first-order valence-electron chi connectivity index (χ1n) is 4.74. The summed E-state index contributed by atoms with van der Waals surface area (Å²) in [5, 5.41) is 9.36. The standard InChI is InChI=1S/C12H12ClNO2/c1-2-7-14(9-12(15)16)8-10-3-5-11(13)6-4-10/h1,3-6H,7-9H2,(H,15,16). The summed E-state index contributed by atoms with van der Waals surface area (Å²) >= 11 is 5.75. The lowest BCUT2D eigenvalue weighted by Gasteiger charge is -2.17. The summed E-state index contributed by atoms with van der Waals surface area (Å²) in [6, 6.07) is 7.25. The Balaban J connectivity index is 2.64. The van der Waals surface area contributed by atoms with E-state index >= 15 is 0 Å². The molecule has 0 saturated heterocycles. The van der Waals surface area contributed by atoms with Gasteiger partial charge in [0.05, 0.1) is 13.1 Å². The molecule has 0 aliphatic heterocycles. The van der Waals surface area contributed by atoms with E-state index in [1.54, 1.807) is 17.0 Å². The molecule has 1 rings (SSSR count). The van der Waals surface area contributed by atoms with Crippen LogP contribution in [-0.2, 0) is 11.3 Å². The molecule has 4 heteroatoms. The maximum Gasteiger partial charge on any atom is 0.317 e. The van der Waals surface area contributed by atoms with Crippen molar-refractivity contribution in [1.29, 1.82) is 0 Å². The van der Waals surface area contributed by atoms with Crippen LogP contribution in [0.1, 0.15) is 5.56 Å². The predicted octanol–water partition coefficient (Wildman–Crippen LogP) is 1.86. The highest BCUT2D eigenvalue weighted by Gasteiger charge is 2.08. The number of hydrogen-bond acceptors (Lipinski definition) is 2. The van der Waals surface area contributed by atoms with E-state index in [4.69, 9.17) is 23.1 Å². The lowest BCUT2D eigenvalue weighted by molar-refractivity contribution is -0.138. The Labute approximate surface area is 99.6 Å². The first kappa shape index (κ1) is 12.6. The Bertz CT molecular complexity index is 394. The lowest BCUT2D eigenvalue weighted by atomic mass is 10.2. The van der Waals surface area contributed by atoms with Crippen molar-refractivity contribution in [3.05, 3.63) is 34.9 Å². The number of nitrogens with zero attached hydrogens (tertiary/aromatic N) is 1. The normalized spacial score (nSPS) is 10.1. The molecule has 84 valence electrons. The third kappa shape index (κ3) is 4.35. The zero-order valence-electron chi connectivity index (χ0n) is 8.69. The molecule has 0 amide bonds. The Morgan fingerprint density at radius 2 is 2.06 bits per heavy atom. The SMILES string of the molecule is C#CCN(CC(=O)O)Cc1ccc(Cl)cc1. The van der Waals surface area contributed by atoms with Gasteiger partial charge in [-0.15, -0.1) is 6.42 Å².